The lowest BCUT2D eigenvalue weighted by molar-refractivity contribution is -0.137. The Morgan fingerprint density at radius 1 is 1.40 bits per heavy atom. The second kappa shape index (κ2) is 8.32. The molecule has 0 spiro atoms. The number of aliphatic imine (C=N–C) groups is 1. The van der Waals surface area contributed by atoms with E-state index in [-0.39, 0.29) is 12.6 Å². The number of carbonyl (C=O) groups is 2. The van der Waals surface area contributed by atoms with Crippen LogP contribution in [0.25, 0.3) is 0 Å². The van der Waals surface area contributed by atoms with Crippen molar-refractivity contribution in [2.75, 3.05) is 26.7 Å². The summed E-state index contributed by atoms with van der Waals surface area (Å²) < 4.78 is 0. The molecule has 1 aliphatic carbocycles. The molecule has 1 fully saturated rings. The van der Waals surface area contributed by atoms with Gasteiger partial charge in [0, 0.05) is 13.6 Å². The zero-order valence-electron chi connectivity index (χ0n) is 11.7. The van der Waals surface area contributed by atoms with Crippen LogP contribution in [0.2, 0.25) is 0 Å². The summed E-state index contributed by atoms with van der Waals surface area (Å²) >= 11 is 0. The fourth-order valence-electron chi connectivity index (χ4n) is 2.56. The largest absolute Gasteiger partial charge is 0.480 e. The highest BCUT2D eigenvalue weighted by atomic mass is 16.4. The van der Waals surface area contributed by atoms with E-state index in [1.54, 1.807) is 6.08 Å². The Kier molecular flexibility index (Phi) is 6.73. The lowest BCUT2D eigenvalue weighted by atomic mass is 9.81. The summed E-state index contributed by atoms with van der Waals surface area (Å²) in [6.07, 6.45) is 5.62. The standard InChI is InChI=1S/C13H21N3O4/c1-16(8-12(18)19)13(20)15-7-11-4-2-3-10(5-11)6-14-9-17/h10-11H,2-8H2,1H3,(H,15,20)(H,18,19). The Morgan fingerprint density at radius 2 is 2.10 bits per heavy atom. The molecule has 2 unspecified atom stereocenters. The molecule has 112 valence electrons. The van der Waals surface area contributed by atoms with E-state index in [2.05, 4.69) is 10.3 Å². The minimum Gasteiger partial charge on any atom is -0.480 e. The van der Waals surface area contributed by atoms with Gasteiger partial charge in [-0.1, -0.05) is 6.42 Å². The van der Waals surface area contributed by atoms with E-state index in [4.69, 9.17) is 5.11 Å². The maximum Gasteiger partial charge on any atom is 0.323 e. The third kappa shape index (κ3) is 5.84. The molecule has 7 nitrogen and oxygen atoms in total. The van der Waals surface area contributed by atoms with Crippen LogP contribution in [0.5, 0.6) is 0 Å². The number of aliphatic carboxylic acids is 1. The van der Waals surface area contributed by atoms with Gasteiger partial charge in [0.05, 0.1) is 6.54 Å². The quantitative estimate of drug-likeness (QED) is 0.557. The summed E-state index contributed by atoms with van der Waals surface area (Å²) in [7, 11) is 1.45. The highest BCUT2D eigenvalue weighted by Crippen LogP contribution is 2.28. The Hall–Kier alpha value is -1.88. The first-order valence-electron chi connectivity index (χ1n) is 6.77. The van der Waals surface area contributed by atoms with Gasteiger partial charge in [-0.05, 0) is 31.1 Å². The molecule has 0 aromatic heterocycles. The number of carbonyl (C=O) groups excluding carboxylic acids is 2. The van der Waals surface area contributed by atoms with Crippen LogP contribution in [0, 0.1) is 11.8 Å². The molecule has 0 aliphatic heterocycles. The number of amides is 2. The highest BCUT2D eigenvalue weighted by Gasteiger charge is 2.22. The molecule has 20 heavy (non-hydrogen) atoms. The van der Waals surface area contributed by atoms with Crippen molar-refractivity contribution in [1.82, 2.24) is 10.2 Å². The number of nitrogens with zero attached hydrogens (tertiary/aromatic N) is 2. The zero-order chi connectivity index (χ0) is 15.0. The number of carboxylic acid groups (broad SMARTS) is 1. The monoisotopic (exact) mass is 283 g/mol. The van der Waals surface area contributed by atoms with Gasteiger partial charge in [0.2, 0.25) is 6.08 Å². The van der Waals surface area contributed by atoms with Crippen molar-refractivity contribution in [2.24, 2.45) is 16.8 Å². The van der Waals surface area contributed by atoms with Gasteiger partial charge < -0.3 is 15.3 Å². The molecule has 2 N–H and O–H groups in total. The number of isocyanates is 1. The lowest BCUT2D eigenvalue weighted by Crippen LogP contribution is -2.42. The number of urea groups is 1. The topological polar surface area (TPSA) is 99.1 Å². The van der Waals surface area contributed by atoms with Gasteiger partial charge in [-0.15, -0.1) is 0 Å². The number of likely N-dealkylation sites (N-methyl/N-ethyl adjacent to an activating group) is 1. The van der Waals surface area contributed by atoms with Gasteiger partial charge in [-0.25, -0.2) is 14.6 Å². The van der Waals surface area contributed by atoms with Crippen LogP contribution in [0.1, 0.15) is 25.7 Å². The second-order valence-corrected chi connectivity index (χ2v) is 5.27. The van der Waals surface area contributed by atoms with Crippen molar-refractivity contribution in [1.29, 1.82) is 0 Å². The summed E-state index contributed by atoms with van der Waals surface area (Å²) in [5.74, 6) is -0.297. The molecule has 1 aliphatic rings. The lowest BCUT2D eigenvalue weighted by Gasteiger charge is -2.28. The number of carboxylic acids is 1. The summed E-state index contributed by atoms with van der Waals surface area (Å²) in [6.45, 7) is 0.726. The fraction of sp³-hybridized carbons (Fsp3) is 0.769. The summed E-state index contributed by atoms with van der Waals surface area (Å²) in [4.78, 5) is 37.0. The van der Waals surface area contributed by atoms with Crippen LogP contribution >= 0.6 is 0 Å². The average Bonchev–Trinajstić information content (AvgIpc) is 2.42. The summed E-state index contributed by atoms with van der Waals surface area (Å²) in [5.41, 5.74) is 0. The number of rotatable bonds is 6. The molecule has 0 aromatic rings. The molecular formula is C13H21N3O4. The Labute approximate surface area is 118 Å². The van der Waals surface area contributed by atoms with E-state index in [1.165, 1.54) is 7.05 Å². The molecule has 0 aromatic carbocycles. The van der Waals surface area contributed by atoms with Crippen molar-refractivity contribution in [2.45, 2.75) is 25.7 Å². The molecular weight excluding hydrogens is 262 g/mol. The van der Waals surface area contributed by atoms with E-state index in [1.807, 2.05) is 0 Å². The van der Waals surface area contributed by atoms with Crippen LogP contribution in [0.4, 0.5) is 4.79 Å². The van der Waals surface area contributed by atoms with E-state index < -0.39 is 5.97 Å². The minimum absolute atomic E-state index is 0.312. The van der Waals surface area contributed by atoms with Crippen molar-refractivity contribution in [3.05, 3.63) is 0 Å². The molecule has 0 heterocycles. The normalized spacial score (nSPS) is 21.6. The van der Waals surface area contributed by atoms with Gasteiger partial charge in [-0.3, -0.25) is 4.79 Å². The summed E-state index contributed by atoms with van der Waals surface area (Å²) in [6, 6.07) is -0.375. The van der Waals surface area contributed by atoms with Gasteiger partial charge in [-0.2, -0.15) is 0 Å². The molecule has 0 radical (unpaired) electrons. The molecule has 0 bridgehead atoms. The first kappa shape index (κ1) is 16.2. The zero-order valence-corrected chi connectivity index (χ0v) is 11.7. The van der Waals surface area contributed by atoms with E-state index in [0.717, 1.165) is 30.6 Å². The van der Waals surface area contributed by atoms with Crippen molar-refractivity contribution < 1.29 is 19.5 Å². The fourth-order valence-corrected chi connectivity index (χ4v) is 2.56. The number of nitrogens with one attached hydrogen (secondary N) is 1. The predicted octanol–water partition coefficient (Wildman–Crippen LogP) is 0.855. The molecule has 7 heteroatoms. The third-order valence-electron chi connectivity index (χ3n) is 3.57. The van der Waals surface area contributed by atoms with Gasteiger partial charge in [0.1, 0.15) is 6.54 Å². The smallest absolute Gasteiger partial charge is 0.323 e. The maximum absolute atomic E-state index is 11.7. The van der Waals surface area contributed by atoms with Gasteiger partial charge in [0.15, 0.2) is 0 Å². The minimum atomic E-state index is -1.04. The predicted molar refractivity (Wildman–Crippen MR) is 72.1 cm³/mol. The summed E-state index contributed by atoms with van der Waals surface area (Å²) in [5, 5.41) is 11.4. The van der Waals surface area contributed by atoms with E-state index in [0.29, 0.717) is 24.9 Å². The van der Waals surface area contributed by atoms with Crippen molar-refractivity contribution in [3.8, 4) is 0 Å². The number of hydrogen-bond acceptors (Lipinski definition) is 4. The number of hydrogen-bond donors (Lipinski definition) is 2. The molecule has 2 atom stereocenters. The van der Waals surface area contributed by atoms with Crippen LogP contribution in [-0.4, -0.2) is 54.8 Å². The first-order valence-corrected chi connectivity index (χ1v) is 6.77. The van der Waals surface area contributed by atoms with Crippen LogP contribution in [-0.2, 0) is 9.59 Å². The van der Waals surface area contributed by atoms with Crippen LogP contribution in [0.15, 0.2) is 4.99 Å². The highest BCUT2D eigenvalue weighted by molar-refractivity contribution is 5.79. The molecule has 0 saturated heterocycles. The van der Waals surface area contributed by atoms with Gasteiger partial charge >= 0.3 is 12.0 Å². The molecule has 2 amide bonds. The van der Waals surface area contributed by atoms with Crippen molar-refractivity contribution >= 4 is 18.1 Å². The SMILES string of the molecule is CN(CC(=O)O)C(=O)NCC1CCCC(CN=C=O)C1. The molecule has 1 rings (SSSR count). The Morgan fingerprint density at radius 3 is 2.75 bits per heavy atom. The molecule has 1 saturated carbocycles. The van der Waals surface area contributed by atoms with E-state index in [9.17, 15) is 14.4 Å². The van der Waals surface area contributed by atoms with Crippen LogP contribution in [0.3, 0.4) is 0 Å². The third-order valence-corrected chi connectivity index (χ3v) is 3.57. The van der Waals surface area contributed by atoms with Crippen LogP contribution < -0.4 is 5.32 Å². The maximum atomic E-state index is 11.7. The van der Waals surface area contributed by atoms with Crippen molar-refractivity contribution in [3.63, 3.8) is 0 Å². The first-order chi connectivity index (χ1) is 9.52. The Balaban J connectivity index is 2.31. The Bertz CT molecular complexity index is 393. The van der Waals surface area contributed by atoms with E-state index >= 15 is 0 Å². The second-order valence-electron chi connectivity index (χ2n) is 5.27. The van der Waals surface area contributed by atoms with Gasteiger partial charge in [0.25, 0.3) is 0 Å². The average molecular weight is 283 g/mol.